The molecule has 0 saturated carbocycles. The second-order valence-electron chi connectivity index (χ2n) is 9.98. The lowest BCUT2D eigenvalue weighted by molar-refractivity contribution is -0.116. The van der Waals surface area contributed by atoms with E-state index < -0.39 is 24.0 Å². The molecule has 0 aliphatic heterocycles. The molecule has 0 aromatic heterocycles. The van der Waals surface area contributed by atoms with Crippen LogP contribution in [0.5, 0.6) is 0 Å². The number of nitrogens with one attached hydrogen (secondary N) is 1. The molecule has 0 aliphatic carbocycles. The van der Waals surface area contributed by atoms with Gasteiger partial charge in [-0.25, -0.2) is 13.1 Å². The molecule has 0 unspecified atom stereocenters. The van der Waals surface area contributed by atoms with Crippen LogP contribution in [0.3, 0.4) is 0 Å². The van der Waals surface area contributed by atoms with E-state index in [0.29, 0.717) is 18.4 Å². The van der Waals surface area contributed by atoms with E-state index in [1.165, 1.54) is 12.1 Å². The maximum Gasteiger partial charge on any atom is 0.264 e. The first kappa shape index (κ1) is 26.7. The Hall–Kier alpha value is -2.51. The van der Waals surface area contributed by atoms with Crippen LogP contribution < -0.4 is 4.72 Å². The van der Waals surface area contributed by atoms with Crippen molar-refractivity contribution in [3.05, 3.63) is 77.4 Å². The zero-order chi connectivity index (χ0) is 24.9. The van der Waals surface area contributed by atoms with E-state index in [9.17, 15) is 18.0 Å². The van der Waals surface area contributed by atoms with Gasteiger partial charge in [0.1, 0.15) is 13.5 Å². The van der Waals surface area contributed by atoms with Crippen LogP contribution in [0.2, 0.25) is 18.1 Å². The number of hydrogen-bond donors (Lipinski definition) is 1. The van der Waals surface area contributed by atoms with Gasteiger partial charge in [0.15, 0.2) is 0 Å². The summed E-state index contributed by atoms with van der Waals surface area (Å²) in [7, 11) is -6.13. The molecular weight excluding hydrogens is 450 g/mol. The molecule has 0 aliphatic rings. The summed E-state index contributed by atoms with van der Waals surface area (Å²) >= 11 is 0. The van der Waals surface area contributed by atoms with Gasteiger partial charge in [0.05, 0.1) is 4.90 Å². The number of allylic oxidation sites excluding steroid dienone is 1. The first-order valence-corrected chi connectivity index (χ1v) is 15.6. The van der Waals surface area contributed by atoms with E-state index in [0.717, 1.165) is 11.1 Å². The zero-order valence-electron chi connectivity index (χ0n) is 20.4. The Morgan fingerprint density at radius 2 is 1.55 bits per heavy atom. The highest BCUT2D eigenvalue weighted by Crippen LogP contribution is 2.37. The molecule has 1 amide bonds. The minimum atomic E-state index is -4.00. The molecule has 178 valence electrons. The largest absolute Gasteiger partial charge is 0.305 e. The Bertz CT molecular complexity index is 1110. The third kappa shape index (κ3) is 7.24. The Balaban J connectivity index is 2.23. The van der Waals surface area contributed by atoms with Crippen molar-refractivity contribution in [2.24, 2.45) is 0 Å². The standard InChI is InChI=1S/C26H35NO4SSi/c1-20-15-17-23(18-16-20)32(30,31)27-25(29)22(19-21-11-8-7-9-12-21)13-10-14-24(28)33(5,6)26(2,3)4/h7-9,11-13,15-18H,10,14,19H2,1-6H3,(H,27,29)/b22-13+. The Kier molecular flexibility index (Phi) is 8.60. The quantitative estimate of drug-likeness (QED) is 0.383. The summed E-state index contributed by atoms with van der Waals surface area (Å²) in [5.74, 6) is -0.667. The van der Waals surface area contributed by atoms with Gasteiger partial charge < -0.3 is 4.79 Å². The van der Waals surface area contributed by atoms with Gasteiger partial charge in [0.25, 0.3) is 15.9 Å². The number of carbonyl (C=O) groups is 2. The number of carbonyl (C=O) groups excluding carboxylic acids is 2. The highest BCUT2D eigenvalue weighted by molar-refractivity contribution is 7.90. The predicted octanol–water partition coefficient (Wildman–Crippen LogP) is 5.37. The van der Waals surface area contributed by atoms with Crippen molar-refractivity contribution in [1.82, 2.24) is 4.72 Å². The van der Waals surface area contributed by atoms with Crippen molar-refractivity contribution in [1.29, 1.82) is 0 Å². The molecule has 2 rings (SSSR count). The van der Waals surface area contributed by atoms with Crippen LogP contribution in [0.25, 0.3) is 0 Å². The summed E-state index contributed by atoms with van der Waals surface area (Å²) in [5, 5.41) is 0.193. The average Bonchev–Trinajstić information content (AvgIpc) is 2.72. The molecule has 33 heavy (non-hydrogen) atoms. The SMILES string of the molecule is Cc1ccc(S(=O)(=O)NC(=O)/C(=C/CCC(=O)[Si](C)(C)C(C)(C)C)Cc2ccccc2)cc1. The van der Waals surface area contributed by atoms with Crippen LogP contribution in [0.15, 0.2) is 71.1 Å². The summed E-state index contributed by atoms with van der Waals surface area (Å²) in [4.78, 5) is 25.9. The second-order valence-corrected chi connectivity index (χ2v) is 17.0. The lowest BCUT2D eigenvalue weighted by atomic mass is 10.0. The van der Waals surface area contributed by atoms with Crippen molar-refractivity contribution < 1.29 is 18.0 Å². The fourth-order valence-corrected chi connectivity index (χ4v) is 5.73. The summed E-state index contributed by atoms with van der Waals surface area (Å²) in [6, 6.07) is 15.7. The van der Waals surface area contributed by atoms with Crippen LogP contribution in [-0.4, -0.2) is 27.8 Å². The third-order valence-electron chi connectivity index (χ3n) is 6.42. The molecule has 5 nitrogen and oxygen atoms in total. The molecular formula is C26H35NO4SSi. The van der Waals surface area contributed by atoms with Crippen LogP contribution >= 0.6 is 0 Å². The molecule has 0 atom stereocenters. The van der Waals surface area contributed by atoms with Crippen LogP contribution in [-0.2, 0) is 26.0 Å². The number of hydrogen-bond acceptors (Lipinski definition) is 4. The van der Waals surface area contributed by atoms with E-state index in [1.54, 1.807) is 18.2 Å². The molecule has 0 saturated heterocycles. The van der Waals surface area contributed by atoms with Crippen LogP contribution in [0, 0.1) is 6.92 Å². The lowest BCUT2D eigenvalue weighted by Gasteiger charge is -2.35. The van der Waals surface area contributed by atoms with E-state index in [1.807, 2.05) is 37.3 Å². The molecule has 0 heterocycles. The molecule has 0 radical (unpaired) electrons. The number of aryl methyl sites for hydroxylation is 1. The topological polar surface area (TPSA) is 80.3 Å². The van der Waals surface area contributed by atoms with Gasteiger partial charge in [0.2, 0.25) is 0 Å². The van der Waals surface area contributed by atoms with Crippen molar-refractivity contribution in [2.75, 3.05) is 0 Å². The van der Waals surface area contributed by atoms with Crippen molar-refractivity contribution >= 4 is 29.4 Å². The first-order chi connectivity index (χ1) is 15.2. The monoisotopic (exact) mass is 485 g/mol. The summed E-state index contributed by atoms with van der Waals surface area (Å²) in [6.45, 7) is 12.3. The van der Waals surface area contributed by atoms with Gasteiger partial charge in [0, 0.05) is 18.4 Å². The number of sulfonamides is 1. The Morgan fingerprint density at radius 1 is 0.970 bits per heavy atom. The highest BCUT2D eigenvalue weighted by atomic mass is 32.2. The third-order valence-corrected chi connectivity index (χ3v) is 13.2. The van der Waals surface area contributed by atoms with Gasteiger partial charge in [-0.05, 0) is 36.1 Å². The smallest absolute Gasteiger partial charge is 0.264 e. The fraction of sp³-hybridized carbons (Fsp3) is 0.385. The van der Waals surface area contributed by atoms with Gasteiger partial charge >= 0.3 is 0 Å². The number of benzene rings is 2. The first-order valence-electron chi connectivity index (χ1n) is 11.1. The van der Waals surface area contributed by atoms with E-state index in [4.69, 9.17) is 0 Å². The van der Waals surface area contributed by atoms with E-state index in [-0.39, 0.29) is 21.8 Å². The van der Waals surface area contributed by atoms with Crippen molar-refractivity contribution in [3.63, 3.8) is 0 Å². The molecule has 1 N–H and O–H groups in total. The van der Waals surface area contributed by atoms with Gasteiger partial charge in [-0.3, -0.25) is 4.79 Å². The lowest BCUT2D eigenvalue weighted by Crippen LogP contribution is -2.46. The Morgan fingerprint density at radius 3 is 2.09 bits per heavy atom. The van der Waals surface area contributed by atoms with E-state index >= 15 is 0 Å². The summed E-state index contributed by atoms with van der Waals surface area (Å²) in [5.41, 5.74) is 2.15. The number of rotatable bonds is 9. The van der Waals surface area contributed by atoms with Crippen molar-refractivity contribution in [2.45, 2.75) is 70.0 Å². The average molecular weight is 486 g/mol. The maximum atomic E-state index is 13.0. The summed E-state index contributed by atoms with van der Waals surface area (Å²) in [6.07, 6.45) is 2.72. The molecule has 0 spiro atoms. The zero-order valence-corrected chi connectivity index (χ0v) is 22.3. The highest BCUT2D eigenvalue weighted by Gasteiger charge is 2.41. The normalized spacial score (nSPS) is 13.0. The maximum absolute atomic E-state index is 13.0. The second kappa shape index (κ2) is 10.6. The minimum Gasteiger partial charge on any atom is -0.305 e. The number of amides is 1. The fourth-order valence-electron chi connectivity index (χ4n) is 3.13. The molecule has 0 bridgehead atoms. The molecule has 2 aromatic carbocycles. The van der Waals surface area contributed by atoms with Gasteiger partial charge in [-0.15, -0.1) is 0 Å². The van der Waals surface area contributed by atoms with Gasteiger partial charge in [-0.1, -0.05) is 88.0 Å². The van der Waals surface area contributed by atoms with Gasteiger partial charge in [-0.2, -0.15) is 0 Å². The van der Waals surface area contributed by atoms with E-state index in [2.05, 4.69) is 38.6 Å². The molecule has 7 heteroatoms. The summed E-state index contributed by atoms with van der Waals surface area (Å²) < 4.78 is 27.6. The minimum absolute atomic E-state index is 0.0358. The van der Waals surface area contributed by atoms with Crippen molar-refractivity contribution in [3.8, 4) is 0 Å². The Labute approximate surface area is 199 Å². The molecule has 2 aromatic rings. The molecule has 0 fully saturated rings. The predicted molar refractivity (Wildman–Crippen MR) is 136 cm³/mol. The van der Waals surface area contributed by atoms with Crippen LogP contribution in [0.4, 0.5) is 0 Å². The van der Waals surface area contributed by atoms with Crippen LogP contribution in [0.1, 0.15) is 44.7 Å².